The molecule has 2 rings (SSSR count). The second-order valence-corrected chi connectivity index (χ2v) is 3.78. The lowest BCUT2D eigenvalue weighted by Crippen LogP contribution is -2.03. The number of benzene rings is 1. The van der Waals surface area contributed by atoms with Gasteiger partial charge in [0.15, 0.2) is 5.76 Å². The van der Waals surface area contributed by atoms with Crippen LogP contribution >= 0.6 is 0 Å². The highest BCUT2D eigenvalue weighted by atomic mass is 19.4. The highest BCUT2D eigenvalue weighted by molar-refractivity contribution is 5.91. The summed E-state index contributed by atoms with van der Waals surface area (Å²) in [7, 11) is 0. The van der Waals surface area contributed by atoms with Crippen LogP contribution in [0.25, 0.3) is 11.0 Å². The Balaban J connectivity index is 2.45. The summed E-state index contributed by atoms with van der Waals surface area (Å²) >= 11 is 0. The molecule has 0 radical (unpaired) electrons. The van der Waals surface area contributed by atoms with Crippen molar-refractivity contribution in [2.75, 3.05) is 12.3 Å². The van der Waals surface area contributed by atoms with Gasteiger partial charge in [-0.15, -0.1) is 0 Å². The van der Waals surface area contributed by atoms with Crippen LogP contribution < -0.4 is 5.73 Å². The topological polar surface area (TPSA) is 48.4 Å². The molecule has 98 valence electrons. The fourth-order valence-electron chi connectivity index (χ4n) is 1.65. The van der Waals surface area contributed by atoms with Gasteiger partial charge in [0, 0.05) is 12.0 Å². The number of hydrogen-bond donors (Lipinski definition) is 1. The van der Waals surface area contributed by atoms with E-state index >= 15 is 0 Å². The average molecular weight is 259 g/mol. The van der Waals surface area contributed by atoms with Gasteiger partial charge in [-0.2, -0.15) is 13.2 Å². The van der Waals surface area contributed by atoms with Crippen LogP contribution in [0.4, 0.5) is 18.9 Å². The molecule has 1 heterocycles. The lowest BCUT2D eigenvalue weighted by atomic mass is 10.1. The van der Waals surface area contributed by atoms with Gasteiger partial charge in [0.05, 0.1) is 11.3 Å². The molecule has 6 heteroatoms. The number of anilines is 1. The molecule has 1 aromatic heterocycles. The van der Waals surface area contributed by atoms with Crippen molar-refractivity contribution < 1.29 is 22.3 Å². The number of nitrogens with two attached hydrogens (primary N) is 1. The molecule has 0 bridgehead atoms. The van der Waals surface area contributed by atoms with Crippen LogP contribution in [0.2, 0.25) is 0 Å². The summed E-state index contributed by atoms with van der Waals surface area (Å²) in [6.07, 6.45) is -4.39. The first-order valence-corrected chi connectivity index (χ1v) is 5.39. The third-order valence-electron chi connectivity index (χ3n) is 2.57. The Morgan fingerprint density at radius 2 is 2.06 bits per heavy atom. The molecule has 0 spiro atoms. The molecule has 0 aliphatic carbocycles. The largest absolute Gasteiger partial charge is 0.456 e. The number of rotatable bonds is 3. The van der Waals surface area contributed by atoms with Gasteiger partial charge in [-0.25, -0.2) is 0 Å². The molecule has 2 N–H and O–H groups in total. The third kappa shape index (κ3) is 2.28. The van der Waals surface area contributed by atoms with Gasteiger partial charge >= 0.3 is 6.18 Å². The van der Waals surface area contributed by atoms with Gasteiger partial charge in [-0.1, -0.05) is 0 Å². The second kappa shape index (κ2) is 4.53. The predicted octanol–water partition coefficient (Wildman–Crippen LogP) is 3.57. The lowest BCUT2D eigenvalue weighted by Gasteiger charge is -2.05. The molecule has 0 aliphatic rings. The Labute approximate surface area is 101 Å². The van der Waals surface area contributed by atoms with E-state index in [9.17, 15) is 13.2 Å². The van der Waals surface area contributed by atoms with Crippen molar-refractivity contribution in [3.05, 3.63) is 29.5 Å². The second-order valence-electron chi connectivity index (χ2n) is 3.78. The average Bonchev–Trinajstić information content (AvgIpc) is 2.62. The van der Waals surface area contributed by atoms with Crippen LogP contribution in [0.1, 0.15) is 18.2 Å². The summed E-state index contributed by atoms with van der Waals surface area (Å²) in [4.78, 5) is 0. The maximum atomic E-state index is 12.5. The Morgan fingerprint density at radius 3 is 2.67 bits per heavy atom. The van der Waals surface area contributed by atoms with Crippen molar-refractivity contribution in [2.45, 2.75) is 19.7 Å². The van der Waals surface area contributed by atoms with Gasteiger partial charge in [-0.05, 0) is 25.1 Å². The van der Waals surface area contributed by atoms with E-state index in [-0.39, 0.29) is 12.2 Å². The zero-order chi connectivity index (χ0) is 13.3. The minimum Gasteiger partial charge on any atom is -0.456 e. The lowest BCUT2D eigenvalue weighted by molar-refractivity contribution is -0.137. The zero-order valence-electron chi connectivity index (χ0n) is 9.67. The number of alkyl halides is 3. The maximum absolute atomic E-state index is 12.5. The Bertz CT molecular complexity index is 560. The van der Waals surface area contributed by atoms with Crippen LogP contribution in [0.15, 0.2) is 22.6 Å². The first-order chi connectivity index (χ1) is 8.43. The highest BCUT2D eigenvalue weighted by Gasteiger charge is 2.31. The zero-order valence-corrected chi connectivity index (χ0v) is 9.67. The summed E-state index contributed by atoms with van der Waals surface area (Å²) in [5, 5.41) is 0.470. The quantitative estimate of drug-likeness (QED) is 0.916. The van der Waals surface area contributed by atoms with E-state index in [2.05, 4.69) is 0 Å². The van der Waals surface area contributed by atoms with Crippen molar-refractivity contribution in [3.8, 4) is 0 Å². The van der Waals surface area contributed by atoms with E-state index in [4.69, 9.17) is 14.9 Å². The summed E-state index contributed by atoms with van der Waals surface area (Å²) < 4.78 is 48.0. The Morgan fingerprint density at radius 1 is 1.33 bits per heavy atom. The summed E-state index contributed by atoms with van der Waals surface area (Å²) in [6, 6.07) is 3.24. The first-order valence-electron chi connectivity index (χ1n) is 5.39. The molecule has 0 atom stereocenters. The minimum absolute atomic E-state index is 0.122. The fraction of sp³-hybridized carbons (Fsp3) is 0.333. The van der Waals surface area contributed by atoms with Gasteiger partial charge < -0.3 is 14.9 Å². The summed E-state index contributed by atoms with van der Waals surface area (Å²) in [5.74, 6) is 0.353. The molecule has 18 heavy (non-hydrogen) atoms. The molecular weight excluding hydrogens is 247 g/mol. The smallest absolute Gasteiger partial charge is 0.416 e. The number of nitrogen functional groups attached to an aromatic ring is 1. The SMILES string of the molecule is CCOCc1oc2cc(C(F)(F)F)ccc2c1N. The summed E-state index contributed by atoms with van der Waals surface area (Å²) in [5.41, 5.74) is 5.47. The van der Waals surface area contributed by atoms with Crippen LogP contribution in [-0.2, 0) is 17.5 Å². The predicted molar refractivity (Wildman–Crippen MR) is 61.0 cm³/mol. The Hall–Kier alpha value is -1.69. The Kier molecular flexibility index (Phi) is 3.21. The van der Waals surface area contributed by atoms with Crippen molar-refractivity contribution >= 4 is 16.7 Å². The van der Waals surface area contributed by atoms with Crippen LogP contribution in [0.5, 0.6) is 0 Å². The normalized spacial score (nSPS) is 12.2. The van der Waals surface area contributed by atoms with Crippen molar-refractivity contribution in [2.24, 2.45) is 0 Å². The molecule has 3 nitrogen and oxygen atoms in total. The van der Waals surface area contributed by atoms with E-state index in [1.54, 1.807) is 6.92 Å². The van der Waals surface area contributed by atoms with Gasteiger partial charge in [-0.3, -0.25) is 0 Å². The minimum atomic E-state index is -4.39. The molecule has 1 aromatic carbocycles. The molecule has 2 aromatic rings. The van der Waals surface area contributed by atoms with E-state index in [0.29, 0.717) is 23.4 Å². The molecule has 0 amide bonds. The highest BCUT2D eigenvalue weighted by Crippen LogP contribution is 2.35. The van der Waals surface area contributed by atoms with Gasteiger partial charge in [0.2, 0.25) is 0 Å². The maximum Gasteiger partial charge on any atom is 0.416 e. The molecule has 0 fully saturated rings. The number of hydrogen-bond acceptors (Lipinski definition) is 3. The van der Waals surface area contributed by atoms with Gasteiger partial charge in [0.25, 0.3) is 0 Å². The molecule has 0 saturated heterocycles. The number of fused-ring (bicyclic) bond motifs is 1. The van der Waals surface area contributed by atoms with Crippen molar-refractivity contribution in [1.82, 2.24) is 0 Å². The van der Waals surface area contributed by atoms with E-state index < -0.39 is 11.7 Å². The van der Waals surface area contributed by atoms with Crippen LogP contribution in [0.3, 0.4) is 0 Å². The monoisotopic (exact) mass is 259 g/mol. The number of halogens is 3. The first kappa shape index (κ1) is 12.8. The van der Waals surface area contributed by atoms with Crippen molar-refractivity contribution in [3.63, 3.8) is 0 Å². The number of ether oxygens (including phenoxy) is 1. The standard InChI is InChI=1S/C12H12F3NO2/c1-2-17-6-10-11(16)8-4-3-7(12(13,14)15)5-9(8)18-10/h3-5H,2,6,16H2,1H3. The third-order valence-corrected chi connectivity index (χ3v) is 2.57. The van der Waals surface area contributed by atoms with E-state index in [1.807, 2.05) is 0 Å². The molecular formula is C12H12F3NO2. The van der Waals surface area contributed by atoms with Crippen molar-refractivity contribution in [1.29, 1.82) is 0 Å². The van der Waals surface area contributed by atoms with Crippen LogP contribution in [-0.4, -0.2) is 6.61 Å². The fourth-order valence-corrected chi connectivity index (χ4v) is 1.65. The van der Waals surface area contributed by atoms with Gasteiger partial charge in [0.1, 0.15) is 12.2 Å². The number of furan rings is 1. The molecule has 0 saturated carbocycles. The van der Waals surface area contributed by atoms with E-state index in [1.165, 1.54) is 6.07 Å². The van der Waals surface area contributed by atoms with Crippen LogP contribution in [0, 0.1) is 0 Å². The van der Waals surface area contributed by atoms with E-state index in [0.717, 1.165) is 12.1 Å². The summed E-state index contributed by atoms with van der Waals surface area (Å²) in [6.45, 7) is 2.43. The molecule has 0 aliphatic heterocycles. The molecule has 0 unspecified atom stereocenters.